The van der Waals surface area contributed by atoms with Gasteiger partial charge in [-0.3, -0.25) is 9.59 Å². The van der Waals surface area contributed by atoms with Crippen LogP contribution in [0.3, 0.4) is 0 Å². The van der Waals surface area contributed by atoms with Crippen molar-refractivity contribution in [1.29, 1.82) is 0 Å². The third kappa shape index (κ3) is 6.74. The summed E-state index contributed by atoms with van der Waals surface area (Å²) < 4.78 is 5.28. The fraction of sp³-hybridized carbons (Fsp3) is 0.611. The standard InChI is InChI=1S/C18H27N3O4S/c1-18(2,26)10-15(22)21-20-14-6-3-5-12-9-13(11-19-17(12)14)25-8-4-7-16(23)24/h9,19,26H,3-8,10-11H2,1-2H3,(H,21,22)(H,23,24). The van der Waals surface area contributed by atoms with Gasteiger partial charge in [0.1, 0.15) is 5.76 Å². The Kier molecular flexibility index (Phi) is 7.14. The number of nitrogens with zero attached hydrogens (tertiary/aromatic N) is 1. The fourth-order valence-electron chi connectivity index (χ4n) is 2.86. The maximum absolute atomic E-state index is 11.9. The molecule has 0 bridgehead atoms. The van der Waals surface area contributed by atoms with Gasteiger partial charge < -0.3 is 15.2 Å². The number of aliphatic carboxylic acids is 1. The van der Waals surface area contributed by atoms with Gasteiger partial charge in [-0.15, -0.1) is 0 Å². The molecule has 0 unspecified atom stereocenters. The Morgan fingerprint density at radius 1 is 1.42 bits per heavy atom. The first kappa shape index (κ1) is 20.4. The average Bonchev–Trinajstić information content (AvgIpc) is 2.55. The fourth-order valence-corrected chi connectivity index (χ4v) is 3.00. The van der Waals surface area contributed by atoms with E-state index in [0.717, 1.165) is 42.0 Å². The van der Waals surface area contributed by atoms with Gasteiger partial charge in [0.25, 0.3) is 0 Å². The summed E-state index contributed by atoms with van der Waals surface area (Å²) in [5.41, 5.74) is 5.54. The molecule has 3 N–H and O–H groups in total. The van der Waals surface area contributed by atoms with Gasteiger partial charge >= 0.3 is 5.97 Å². The van der Waals surface area contributed by atoms with Crippen LogP contribution in [0.2, 0.25) is 0 Å². The van der Waals surface area contributed by atoms with Gasteiger partial charge in [0.15, 0.2) is 0 Å². The Balaban J connectivity index is 1.96. The van der Waals surface area contributed by atoms with Crippen LogP contribution in [0, 0.1) is 0 Å². The quantitative estimate of drug-likeness (QED) is 0.294. The molecule has 0 radical (unpaired) electrons. The number of carboxylic acids is 1. The Bertz CT molecular complexity index is 647. The summed E-state index contributed by atoms with van der Waals surface area (Å²) in [4.78, 5) is 22.5. The Morgan fingerprint density at radius 3 is 2.88 bits per heavy atom. The second-order valence-electron chi connectivity index (χ2n) is 7.15. The molecule has 8 heteroatoms. The number of rotatable bonds is 8. The number of thiol groups is 1. The zero-order valence-corrected chi connectivity index (χ0v) is 16.2. The van der Waals surface area contributed by atoms with Crippen LogP contribution in [0.4, 0.5) is 0 Å². The summed E-state index contributed by atoms with van der Waals surface area (Å²) in [6.07, 6.45) is 5.56. The van der Waals surface area contributed by atoms with Gasteiger partial charge in [-0.2, -0.15) is 17.7 Å². The normalized spacial score (nSPS) is 18.7. The molecule has 7 nitrogen and oxygen atoms in total. The molecule has 0 saturated carbocycles. The van der Waals surface area contributed by atoms with E-state index in [9.17, 15) is 9.59 Å². The number of dihydropyridines is 1. The van der Waals surface area contributed by atoms with E-state index in [-0.39, 0.29) is 17.1 Å². The molecule has 144 valence electrons. The zero-order valence-electron chi connectivity index (χ0n) is 15.3. The number of carbonyl (C=O) groups is 2. The van der Waals surface area contributed by atoms with Crippen molar-refractivity contribution in [2.45, 2.75) is 57.1 Å². The molecular weight excluding hydrogens is 354 g/mol. The topological polar surface area (TPSA) is 100 Å². The Hall–Kier alpha value is -1.96. The Labute approximate surface area is 159 Å². The number of allylic oxidation sites excluding steroid dienone is 3. The van der Waals surface area contributed by atoms with Gasteiger partial charge in [0.05, 0.1) is 24.6 Å². The molecule has 0 atom stereocenters. The molecule has 2 rings (SSSR count). The van der Waals surface area contributed by atoms with E-state index in [4.69, 9.17) is 9.84 Å². The zero-order chi connectivity index (χ0) is 19.2. The van der Waals surface area contributed by atoms with Crippen molar-refractivity contribution in [3.63, 3.8) is 0 Å². The molecule has 1 amide bonds. The minimum Gasteiger partial charge on any atom is -0.496 e. The lowest BCUT2D eigenvalue weighted by molar-refractivity contribution is -0.137. The van der Waals surface area contributed by atoms with Crippen LogP contribution in [0.15, 0.2) is 28.2 Å². The van der Waals surface area contributed by atoms with Crippen molar-refractivity contribution in [2.75, 3.05) is 13.2 Å². The lowest BCUT2D eigenvalue weighted by Gasteiger charge is -2.27. The van der Waals surface area contributed by atoms with Crippen LogP contribution >= 0.6 is 12.6 Å². The van der Waals surface area contributed by atoms with Crippen molar-refractivity contribution in [1.82, 2.24) is 10.7 Å². The molecule has 0 aromatic heterocycles. The molecule has 0 spiro atoms. The lowest BCUT2D eigenvalue weighted by Crippen LogP contribution is -2.33. The SMILES string of the molecule is CC(C)(S)CC(=O)NN=C1CCCC2=C1NCC(OCCCC(=O)O)=C2. The second-order valence-corrected chi connectivity index (χ2v) is 8.36. The first-order chi connectivity index (χ1) is 12.2. The van der Waals surface area contributed by atoms with Gasteiger partial charge in [-0.05, 0) is 37.3 Å². The van der Waals surface area contributed by atoms with Gasteiger partial charge in [0.2, 0.25) is 5.91 Å². The highest BCUT2D eigenvalue weighted by molar-refractivity contribution is 7.81. The number of hydrogen-bond donors (Lipinski definition) is 4. The first-order valence-electron chi connectivity index (χ1n) is 8.85. The number of hydrogen-bond acceptors (Lipinski definition) is 6. The van der Waals surface area contributed by atoms with Gasteiger partial charge in [-0.1, -0.05) is 13.8 Å². The van der Waals surface area contributed by atoms with E-state index in [1.54, 1.807) is 0 Å². The highest BCUT2D eigenvalue weighted by atomic mass is 32.1. The number of ether oxygens (including phenoxy) is 1. The smallest absolute Gasteiger partial charge is 0.303 e. The maximum Gasteiger partial charge on any atom is 0.303 e. The van der Waals surface area contributed by atoms with Crippen LogP contribution in [-0.2, 0) is 14.3 Å². The molecule has 1 aliphatic carbocycles. The third-order valence-corrected chi connectivity index (χ3v) is 4.13. The second kappa shape index (κ2) is 9.12. The number of carbonyl (C=O) groups excluding carboxylic acids is 1. The van der Waals surface area contributed by atoms with Crippen molar-refractivity contribution >= 4 is 30.2 Å². The van der Waals surface area contributed by atoms with Crippen LogP contribution in [0.1, 0.15) is 52.4 Å². The van der Waals surface area contributed by atoms with Crippen molar-refractivity contribution in [2.24, 2.45) is 5.10 Å². The molecule has 0 fully saturated rings. The largest absolute Gasteiger partial charge is 0.496 e. The molecule has 1 aliphatic heterocycles. The number of hydrazone groups is 1. The molecule has 0 saturated heterocycles. The van der Waals surface area contributed by atoms with Crippen LogP contribution in [0.5, 0.6) is 0 Å². The first-order valence-corrected chi connectivity index (χ1v) is 9.29. The molecule has 26 heavy (non-hydrogen) atoms. The molecule has 1 heterocycles. The van der Waals surface area contributed by atoms with Gasteiger partial charge in [-0.25, -0.2) is 5.43 Å². The Morgan fingerprint density at radius 2 is 2.19 bits per heavy atom. The summed E-state index contributed by atoms with van der Waals surface area (Å²) >= 11 is 4.36. The summed E-state index contributed by atoms with van der Waals surface area (Å²) in [5, 5.41) is 16.3. The van der Waals surface area contributed by atoms with Crippen LogP contribution < -0.4 is 10.7 Å². The predicted molar refractivity (Wildman–Crippen MR) is 103 cm³/mol. The number of amides is 1. The highest BCUT2D eigenvalue weighted by Crippen LogP contribution is 2.26. The van der Waals surface area contributed by atoms with E-state index in [0.29, 0.717) is 26.0 Å². The van der Waals surface area contributed by atoms with E-state index >= 15 is 0 Å². The lowest BCUT2D eigenvalue weighted by atomic mass is 9.92. The molecule has 0 aromatic rings. The van der Waals surface area contributed by atoms with E-state index in [1.807, 2.05) is 19.9 Å². The average molecular weight is 381 g/mol. The molecular formula is C18H27N3O4S. The summed E-state index contributed by atoms with van der Waals surface area (Å²) in [6, 6.07) is 0. The summed E-state index contributed by atoms with van der Waals surface area (Å²) in [7, 11) is 0. The van der Waals surface area contributed by atoms with Gasteiger partial charge in [0, 0.05) is 17.6 Å². The minimum absolute atomic E-state index is 0.105. The number of carboxylic acid groups (broad SMARTS) is 1. The van der Waals surface area contributed by atoms with E-state index in [2.05, 4.69) is 28.5 Å². The molecule has 2 aliphatic rings. The van der Waals surface area contributed by atoms with E-state index < -0.39 is 5.97 Å². The third-order valence-electron chi connectivity index (χ3n) is 3.98. The maximum atomic E-state index is 11.9. The molecule has 0 aromatic carbocycles. The van der Waals surface area contributed by atoms with Crippen molar-refractivity contribution in [3.8, 4) is 0 Å². The summed E-state index contributed by atoms with van der Waals surface area (Å²) in [6.45, 7) is 4.69. The monoisotopic (exact) mass is 381 g/mol. The number of nitrogens with one attached hydrogen (secondary N) is 2. The highest BCUT2D eigenvalue weighted by Gasteiger charge is 2.23. The van der Waals surface area contributed by atoms with Crippen LogP contribution in [0.25, 0.3) is 0 Å². The van der Waals surface area contributed by atoms with Crippen LogP contribution in [-0.4, -0.2) is 40.6 Å². The van der Waals surface area contributed by atoms with Crippen molar-refractivity contribution in [3.05, 3.63) is 23.1 Å². The van der Waals surface area contributed by atoms with Crippen molar-refractivity contribution < 1.29 is 19.4 Å². The summed E-state index contributed by atoms with van der Waals surface area (Å²) in [5.74, 6) is -0.166. The minimum atomic E-state index is -0.814. The van der Waals surface area contributed by atoms with E-state index in [1.165, 1.54) is 0 Å². The predicted octanol–water partition coefficient (Wildman–Crippen LogP) is 2.36.